The second kappa shape index (κ2) is 5.36. The van der Waals surface area contributed by atoms with Crippen LogP contribution < -0.4 is 5.73 Å². The third-order valence-corrected chi connectivity index (χ3v) is 3.65. The molecule has 2 nitrogen and oxygen atoms in total. The van der Waals surface area contributed by atoms with Crippen molar-refractivity contribution in [2.75, 3.05) is 0 Å². The van der Waals surface area contributed by atoms with E-state index < -0.39 is 5.60 Å². The summed E-state index contributed by atoms with van der Waals surface area (Å²) in [6.07, 6.45) is 10.5. The summed E-state index contributed by atoms with van der Waals surface area (Å²) in [5, 5.41) is 9.62. The van der Waals surface area contributed by atoms with E-state index in [4.69, 9.17) is 5.73 Å². The SMILES string of the molecule is CC1=CC[C@H]([C@@](C)(N)C/C=C/C(C)(C)O)CC1. The predicted molar refractivity (Wildman–Crippen MR) is 73.7 cm³/mol. The molecule has 0 aliphatic heterocycles. The predicted octanol–water partition coefficient (Wildman–Crippen LogP) is 3.17. The monoisotopic (exact) mass is 237 g/mol. The second-order valence-corrected chi connectivity index (χ2v) is 6.29. The lowest BCUT2D eigenvalue weighted by Gasteiger charge is -2.35. The molecule has 0 saturated carbocycles. The highest BCUT2D eigenvalue weighted by atomic mass is 16.3. The van der Waals surface area contributed by atoms with E-state index in [-0.39, 0.29) is 5.54 Å². The second-order valence-electron chi connectivity index (χ2n) is 6.29. The highest BCUT2D eigenvalue weighted by molar-refractivity contribution is 5.08. The zero-order valence-corrected chi connectivity index (χ0v) is 11.7. The molecule has 2 heteroatoms. The molecule has 0 bridgehead atoms. The van der Waals surface area contributed by atoms with Crippen molar-refractivity contribution in [2.45, 2.75) is 64.5 Å². The van der Waals surface area contributed by atoms with E-state index in [1.807, 2.05) is 12.2 Å². The minimum atomic E-state index is -0.737. The number of allylic oxidation sites excluding steroid dienone is 2. The van der Waals surface area contributed by atoms with Crippen LogP contribution in [-0.4, -0.2) is 16.2 Å². The highest BCUT2D eigenvalue weighted by Gasteiger charge is 2.29. The first-order valence-electron chi connectivity index (χ1n) is 6.55. The van der Waals surface area contributed by atoms with Crippen LogP contribution in [0.15, 0.2) is 23.8 Å². The van der Waals surface area contributed by atoms with Crippen LogP contribution in [0.5, 0.6) is 0 Å². The molecule has 0 heterocycles. The van der Waals surface area contributed by atoms with Gasteiger partial charge < -0.3 is 10.8 Å². The van der Waals surface area contributed by atoms with Crippen LogP contribution in [0.4, 0.5) is 0 Å². The molecular weight excluding hydrogens is 210 g/mol. The van der Waals surface area contributed by atoms with Gasteiger partial charge in [0.25, 0.3) is 0 Å². The molecule has 1 rings (SSSR count). The Labute approximate surface area is 106 Å². The Morgan fingerprint density at radius 3 is 2.59 bits per heavy atom. The van der Waals surface area contributed by atoms with Crippen LogP contribution in [0, 0.1) is 5.92 Å². The van der Waals surface area contributed by atoms with Crippen molar-refractivity contribution < 1.29 is 5.11 Å². The smallest absolute Gasteiger partial charge is 0.0771 e. The largest absolute Gasteiger partial charge is 0.386 e. The maximum atomic E-state index is 9.62. The number of rotatable bonds is 4. The van der Waals surface area contributed by atoms with E-state index in [9.17, 15) is 5.11 Å². The molecule has 0 aromatic carbocycles. The summed E-state index contributed by atoms with van der Waals surface area (Å²) in [4.78, 5) is 0. The molecule has 1 aliphatic carbocycles. The van der Waals surface area contributed by atoms with Crippen LogP contribution in [0.1, 0.15) is 53.4 Å². The van der Waals surface area contributed by atoms with Gasteiger partial charge in [-0.1, -0.05) is 23.8 Å². The molecule has 3 N–H and O–H groups in total. The highest BCUT2D eigenvalue weighted by Crippen LogP contribution is 2.32. The van der Waals surface area contributed by atoms with Crippen LogP contribution in [0.25, 0.3) is 0 Å². The summed E-state index contributed by atoms with van der Waals surface area (Å²) in [5.41, 5.74) is 6.99. The summed E-state index contributed by atoms with van der Waals surface area (Å²) < 4.78 is 0. The summed E-state index contributed by atoms with van der Waals surface area (Å²) in [7, 11) is 0. The Bertz CT molecular complexity index is 307. The van der Waals surface area contributed by atoms with Crippen LogP contribution in [-0.2, 0) is 0 Å². The maximum Gasteiger partial charge on any atom is 0.0771 e. The Morgan fingerprint density at radius 1 is 1.47 bits per heavy atom. The molecular formula is C15H27NO. The summed E-state index contributed by atoms with van der Waals surface area (Å²) in [6, 6.07) is 0. The first-order valence-corrected chi connectivity index (χ1v) is 6.55. The van der Waals surface area contributed by atoms with E-state index in [1.54, 1.807) is 13.8 Å². The Morgan fingerprint density at radius 2 is 2.12 bits per heavy atom. The lowest BCUT2D eigenvalue weighted by molar-refractivity contribution is 0.132. The molecule has 0 fully saturated rings. The van der Waals surface area contributed by atoms with Crippen LogP contribution in [0.3, 0.4) is 0 Å². The minimum absolute atomic E-state index is 0.168. The molecule has 0 aromatic rings. The van der Waals surface area contributed by atoms with Gasteiger partial charge >= 0.3 is 0 Å². The van der Waals surface area contributed by atoms with Gasteiger partial charge in [-0.15, -0.1) is 0 Å². The minimum Gasteiger partial charge on any atom is -0.386 e. The average molecular weight is 237 g/mol. The fraction of sp³-hybridized carbons (Fsp3) is 0.733. The van der Waals surface area contributed by atoms with Gasteiger partial charge in [0, 0.05) is 5.54 Å². The fourth-order valence-electron chi connectivity index (χ4n) is 2.33. The third kappa shape index (κ3) is 5.05. The Balaban J connectivity index is 2.54. The van der Waals surface area contributed by atoms with Crippen molar-refractivity contribution in [2.24, 2.45) is 11.7 Å². The maximum absolute atomic E-state index is 9.62. The fourth-order valence-corrected chi connectivity index (χ4v) is 2.33. The van der Waals surface area contributed by atoms with Gasteiger partial charge in [0.1, 0.15) is 0 Å². The molecule has 1 aliphatic rings. The van der Waals surface area contributed by atoms with E-state index >= 15 is 0 Å². The lowest BCUT2D eigenvalue weighted by Crippen LogP contribution is -2.44. The molecule has 17 heavy (non-hydrogen) atoms. The van der Waals surface area contributed by atoms with Gasteiger partial charge in [-0.25, -0.2) is 0 Å². The third-order valence-electron chi connectivity index (χ3n) is 3.65. The van der Waals surface area contributed by atoms with Crippen LogP contribution in [0.2, 0.25) is 0 Å². The molecule has 0 radical (unpaired) electrons. The van der Waals surface area contributed by atoms with E-state index in [0.717, 1.165) is 12.8 Å². The van der Waals surface area contributed by atoms with Gasteiger partial charge in [-0.05, 0) is 59.3 Å². The van der Waals surface area contributed by atoms with Gasteiger partial charge in [-0.3, -0.25) is 0 Å². The molecule has 0 saturated heterocycles. The Hall–Kier alpha value is -0.600. The van der Waals surface area contributed by atoms with Gasteiger partial charge in [0.15, 0.2) is 0 Å². The molecule has 0 aromatic heterocycles. The number of aliphatic hydroxyl groups is 1. The quantitative estimate of drug-likeness (QED) is 0.738. The summed E-state index contributed by atoms with van der Waals surface area (Å²) in [5.74, 6) is 0.553. The van der Waals surface area contributed by atoms with E-state index in [1.165, 1.54) is 18.4 Å². The number of hydrogen-bond acceptors (Lipinski definition) is 2. The lowest BCUT2D eigenvalue weighted by atomic mass is 9.75. The van der Waals surface area contributed by atoms with Crippen molar-refractivity contribution in [3.05, 3.63) is 23.8 Å². The molecule has 2 atom stereocenters. The van der Waals surface area contributed by atoms with E-state index in [0.29, 0.717) is 5.92 Å². The van der Waals surface area contributed by atoms with Gasteiger partial charge in [0.2, 0.25) is 0 Å². The zero-order chi connectivity index (χ0) is 13.1. The molecule has 98 valence electrons. The zero-order valence-electron chi connectivity index (χ0n) is 11.7. The summed E-state index contributed by atoms with van der Waals surface area (Å²) >= 11 is 0. The first kappa shape index (κ1) is 14.5. The first-order chi connectivity index (χ1) is 7.71. The van der Waals surface area contributed by atoms with E-state index in [2.05, 4.69) is 19.9 Å². The van der Waals surface area contributed by atoms with Crippen LogP contribution >= 0.6 is 0 Å². The number of hydrogen-bond donors (Lipinski definition) is 2. The molecule has 0 spiro atoms. The van der Waals surface area contributed by atoms with Crippen molar-refractivity contribution in [3.8, 4) is 0 Å². The van der Waals surface area contributed by atoms with Gasteiger partial charge in [-0.2, -0.15) is 0 Å². The average Bonchev–Trinajstić information content (AvgIpc) is 2.15. The topological polar surface area (TPSA) is 46.2 Å². The Kier molecular flexibility index (Phi) is 4.56. The molecule has 0 amide bonds. The van der Waals surface area contributed by atoms with Crippen molar-refractivity contribution in [1.82, 2.24) is 0 Å². The van der Waals surface area contributed by atoms with Gasteiger partial charge in [0.05, 0.1) is 5.60 Å². The van der Waals surface area contributed by atoms with Crippen molar-refractivity contribution >= 4 is 0 Å². The van der Waals surface area contributed by atoms with Crippen molar-refractivity contribution in [3.63, 3.8) is 0 Å². The number of nitrogens with two attached hydrogens (primary N) is 1. The normalized spacial score (nSPS) is 25.8. The summed E-state index contributed by atoms with van der Waals surface area (Å²) in [6.45, 7) is 7.88. The van der Waals surface area contributed by atoms with Crippen molar-refractivity contribution in [1.29, 1.82) is 0 Å². The molecule has 0 unspecified atom stereocenters. The standard InChI is InChI=1S/C15H27NO/c1-12-6-8-13(9-7-12)15(4,16)11-5-10-14(2,3)17/h5-6,10,13,17H,7-9,11,16H2,1-4H3/b10-5+/t13-,15-/m0/s1.